The fourth-order valence-corrected chi connectivity index (χ4v) is 0.858. The van der Waals surface area contributed by atoms with Crippen molar-refractivity contribution < 1.29 is 8.50 Å². The quantitative estimate of drug-likeness (QED) is 0.588. The Morgan fingerprint density at radius 3 is 2.90 bits per heavy atom. The third kappa shape index (κ3) is 1.03. The van der Waals surface area contributed by atoms with E-state index in [-0.39, 0.29) is 11.6 Å². The van der Waals surface area contributed by atoms with E-state index >= 15 is 0 Å². The second-order valence-electron chi connectivity index (χ2n) is 2.44. The number of aromatic nitrogens is 2. The van der Waals surface area contributed by atoms with Crippen LogP contribution < -0.4 is 0 Å². The van der Waals surface area contributed by atoms with Crippen molar-refractivity contribution >= 4 is 0 Å². The van der Waals surface area contributed by atoms with Gasteiger partial charge in [0.2, 0.25) is 0 Å². The van der Waals surface area contributed by atoms with E-state index in [1.165, 1.54) is 0 Å². The van der Waals surface area contributed by atoms with Crippen molar-refractivity contribution in [3.05, 3.63) is 17.7 Å². The molecule has 0 atom stereocenters. The zero-order chi connectivity index (χ0) is 10.2. The van der Waals surface area contributed by atoms with Crippen molar-refractivity contribution in [2.45, 2.75) is 19.8 Å². The Labute approximate surface area is 63.9 Å². The first-order valence-corrected chi connectivity index (χ1v) is 3.08. The maximum Gasteiger partial charge on any atom is 0.164 e. The minimum atomic E-state index is -2.40. The van der Waals surface area contributed by atoms with Gasteiger partial charge in [0, 0.05) is 11.1 Å². The summed E-state index contributed by atoms with van der Waals surface area (Å²) in [5.41, 5.74) is 0.125. The van der Waals surface area contributed by atoms with Gasteiger partial charge in [-0.15, -0.1) is 0 Å². The summed E-state index contributed by atoms with van der Waals surface area (Å²) in [6.45, 7) is 1.05. The van der Waals surface area contributed by atoms with E-state index in [2.05, 4.69) is 5.10 Å². The van der Waals surface area contributed by atoms with Crippen LogP contribution in [-0.2, 0) is 6.98 Å². The molecule has 0 spiro atoms. The van der Waals surface area contributed by atoms with E-state index in [4.69, 9.17) is 4.11 Å². The number of nitrogens with zero attached hydrogens (tertiary/aromatic N) is 2. The van der Waals surface area contributed by atoms with E-state index in [0.29, 0.717) is 0 Å². The average Bonchev–Trinajstić information content (AvgIpc) is 2.28. The second kappa shape index (κ2) is 2.40. The average molecular weight is 145 g/mol. The van der Waals surface area contributed by atoms with Crippen LogP contribution in [0.25, 0.3) is 0 Å². The molecule has 1 aromatic rings. The molecule has 3 heteroatoms. The van der Waals surface area contributed by atoms with Crippen molar-refractivity contribution in [2.75, 3.05) is 0 Å². The molecule has 1 rings (SSSR count). The van der Waals surface area contributed by atoms with Crippen LogP contribution in [0, 0.1) is 5.82 Å². The van der Waals surface area contributed by atoms with Gasteiger partial charge in [-0.1, -0.05) is 13.8 Å². The highest BCUT2D eigenvalue weighted by molar-refractivity contribution is 5.07. The van der Waals surface area contributed by atoms with Gasteiger partial charge in [0.1, 0.15) is 0 Å². The van der Waals surface area contributed by atoms with Crippen LogP contribution in [0.2, 0.25) is 0 Å². The molecule has 2 nitrogen and oxygen atoms in total. The molecule has 0 N–H and O–H groups in total. The van der Waals surface area contributed by atoms with Gasteiger partial charge in [0.25, 0.3) is 0 Å². The molecular weight excluding hydrogens is 131 g/mol. The molecule has 56 valence electrons. The Balaban J connectivity index is 3.23. The monoisotopic (exact) mass is 145 g/mol. The van der Waals surface area contributed by atoms with Gasteiger partial charge in [-0.3, -0.25) is 4.68 Å². The first-order valence-electron chi connectivity index (χ1n) is 4.58. The molecule has 0 saturated carbocycles. The Bertz CT molecular complexity index is 303. The number of hydrogen-bond donors (Lipinski definition) is 0. The molecule has 0 amide bonds. The highest BCUT2D eigenvalue weighted by atomic mass is 19.1. The Kier molecular flexibility index (Phi) is 0.988. The lowest BCUT2D eigenvalue weighted by Crippen LogP contribution is -2.01. The summed E-state index contributed by atoms with van der Waals surface area (Å²) >= 11 is 0. The standard InChI is InChI=1S/C7H11FN2/c1-5(2)7-6(8)4-9-10(7)3/h4-5H,1-3H3/i3D3. The van der Waals surface area contributed by atoms with Crippen molar-refractivity contribution in [2.24, 2.45) is 6.98 Å². The normalized spacial score (nSPS) is 16.6. The van der Waals surface area contributed by atoms with Crippen molar-refractivity contribution in [1.29, 1.82) is 0 Å². The minimum Gasteiger partial charge on any atom is -0.269 e. The number of rotatable bonds is 1. The molecule has 0 bridgehead atoms. The van der Waals surface area contributed by atoms with E-state index in [1.807, 2.05) is 0 Å². The van der Waals surface area contributed by atoms with E-state index in [1.54, 1.807) is 13.8 Å². The van der Waals surface area contributed by atoms with Gasteiger partial charge in [0.15, 0.2) is 5.82 Å². The molecule has 0 aromatic carbocycles. The zero-order valence-electron chi connectivity index (χ0n) is 8.93. The fraction of sp³-hybridized carbons (Fsp3) is 0.571. The lowest BCUT2D eigenvalue weighted by atomic mass is 10.1. The van der Waals surface area contributed by atoms with Crippen LogP contribution in [0.5, 0.6) is 0 Å². The predicted molar refractivity (Wildman–Crippen MR) is 37.3 cm³/mol. The lowest BCUT2D eigenvalue weighted by Gasteiger charge is -2.03. The van der Waals surface area contributed by atoms with E-state index in [9.17, 15) is 4.39 Å². The maximum absolute atomic E-state index is 13.1. The van der Waals surface area contributed by atoms with E-state index in [0.717, 1.165) is 10.9 Å². The number of aryl methyl sites for hydroxylation is 1. The summed E-state index contributed by atoms with van der Waals surface area (Å²) in [7, 11) is 0. The van der Waals surface area contributed by atoms with Gasteiger partial charge in [-0.25, -0.2) is 4.39 Å². The smallest absolute Gasteiger partial charge is 0.164 e. The van der Waals surface area contributed by atoms with Gasteiger partial charge in [0.05, 0.1) is 11.9 Å². The third-order valence-electron chi connectivity index (χ3n) is 1.31. The number of halogens is 1. The first kappa shape index (κ1) is 4.11. The highest BCUT2D eigenvalue weighted by Crippen LogP contribution is 2.15. The van der Waals surface area contributed by atoms with Crippen LogP contribution in [0.15, 0.2) is 6.20 Å². The summed E-state index contributed by atoms with van der Waals surface area (Å²) in [6.07, 6.45) is 0.932. The SMILES string of the molecule is [2H]C([2H])([2H])n1ncc(F)c1C(C)C. The minimum absolute atomic E-state index is 0.125. The van der Waals surface area contributed by atoms with Crippen molar-refractivity contribution in [1.82, 2.24) is 9.78 Å². The molecule has 0 unspecified atom stereocenters. The zero-order valence-corrected chi connectivity index (χ0v) is 5.93. The highest BCUT2D eigenvalue weighted by Gasteiger charge is 2.10. The van der Waals surface area contributed by atoms with Crippen LogP contribution in [0.3, 0.4) is 0 Å². The molecule has 0 fully saturated rings. The topological polar surface area (TPSA) is 17.8 Å². The molecule has 0 radical (unpaired) electrons. The second-order valence-corrected chi connectivity index (χ2v) is 2.44. The van der Waals surface area contributed by atoms with Crippen LogP contribution in [0.4, 0.5) is 4.39 Å². The Morgan fingerprint density at radius 2 is 2.50 bits per heavy atom. The molecule has 1 heterocycles. The Morgan fingerprint density at radius 1 is 1.80 bits per heavy atom. The van der Waals surface area contributed by atoms with Gasteiger partial charge in [-0.2, -0.15) is 5.10 Å². The predicted octanol–water partition coefficient (Wildman–Crippen LogP) is 1.68. The molecule has 0 aliphatic heterocycles. The fourth-order valence-electron chi connectivity index (χ4n) is 0.858. The van der Waals surface area contributed by atoms with Gasteiger partial charge < -0.3 is 0 Å². The van der Waals surface area contributed by atoms with Gasteiger partial charge in [-0.05, 0) is 5.92 Å². The van der Waals surface area contributed by atoms with Crippen LogP contribution >= 0.6 is 0 Å². The van der Waals surface area contributed by atoms with Crippen LogP contribution in [0.1, 0.15) is 29.6 Å². The first-order chi connectivity index (χ1) is 5.84. The lowest BCUT2D eigenvalue weighted by molar-refractivity contribution is 0.576. The molecule has 0 saturated heterocycles. The molecular formula is C7H11FN2. The molecule has 10 heavy (non-hydrogen) atoms. The van der Waals surface area contributed by atoms with Crippen molar-refractivity contribution in [3.63, 3.8) is 0 Å². The van der Waals surface area contributed by atoms with Crippen molar-refractivity contribution in [3.8, 4) is 0 Å². The Hall–Kier alpha value is -0.860. The number of hydrogen-bond acceptors (Lipinski definition) is 1. The molecule has 0 aliphatic carbocycles. The molecule has 1 aromatic heterocycles. The summed E-state index contributed by atoms with van der Waals surface area (Å²) in [4.78, 5) is 0. The third-order valence-corrected chi connectivity index (χ3v) is 1.31. The summed E-state index contributed by atoms with van der Waals surface area (Å²) in [5, 5.41) is 3.49. The summed E-state index contributed by atoms with van der Waals surface area (Å²) in [5.74, 6) is -0.756. The van der Waals surface area contributed by atoms with E-state index < -0.39 is 12.8 Å². The maximum atomic E-state index is 13.1. The summed E-state index contributed by atoms with van der Waals surface area (Å²) in [6, 6.07) is 0. The largest absolute Gasteiger partial charge is 0.269 e. The van der Waals surface area contributed by atoms with Crippen LogP contribution in [-0.4, -0.2) is 9.78 Å². The summed E-state index contributed by atoms with van der Waals surface area (Å²) < 4.78 is 35.1. The molecule has 0 aliphatic rings. The van der Waals surface area contributed by atoms with Gasteiger partial charge >= 0.3 is 0 Å².